The second-order valence-corrected chi connectivity index (χ2v) is 3.79. The Bertz CT molecular complexity index is 217. The Morgan fingerprint density at radius 2 is 1.93 bits per heavy atom. The van der Waals surface area contributed by atoms with Gasteiger partial charge >= 0.3 is 0 Å². The van der Waals surface area contributed by atoms with Crippen molar-refractivity contribution in [2.24, 2.45) is 5.92 Å². The first-order valence-corrected chi connectivity index (χ1v) is 5.15. The number of carbonyl (C=O) groups excluding carboxylic acids is 2. The molecule has 0 heterocycles. The number of likely N-dealkylation sites (N-methyl/N-ethyl adjacent to an activating group) is 2. The Balaban J connectivity index is 3.67. The van der Waals surface area contributed by atoms with Crippen LogP contribution >= 0.6 is 0 Å². The van der Waals surface area contributed by atoms with E-state index in [-0.39, 0.29) is 17.7 Å². The molecule has 88 valence electrons. The summed E-state index contributed by atoms with van der Waals surface area (Å²) in [5.41, 5.74) is 0. The van der Waals surface area contributed by atoms with Gasteiger partial charge in [0.25, 0.3) is 0 Å². The highest BCUT2D eigenvalue weighted by atomic mass is 16.2. The predicted octanol–water partition coefficient (Wildman–Crippen LogP) is -0.564. The van der Waals surface area contributed by atoms with Crippen molar-refractivity contribution < 1.29 is 9.59 Å². The summed E-state index contributed by atoms with van der Waals surface area (Å²) in [5.74, 6) is 0.0316. The molecule has 0 unspecified atom stereocenters. The van der Waals surface area contributed by atoms with Crippen LogP contribution < -0.4 is 10.6 Å². The van der Waals surface area contributed by atoms with Crippen molar-refractivity contribution in [3.63, 3.8) is 0 Å². The lowest BCUT2D eigenvalue weighted by Gasteiger charge is -2.17. The molecule has 2 amide bonds. The topological polar surface area (TPSA) is 61.4 Å². The Kier molecular flexibility index (Phi) is 6.70. The molecule has 0 saturated carbocycles. The number of nitrogens with zero attached hydrogens (tertiary/aromatic N) is 1. The average Bonchev–Trinajstić information content (AvgIpc) is 2.17. The number of rotatable bonds is 6. The Morgan fingerprint density at radius 3 is 2.40 bits per heavy atom. The molecule has 0 rings (SSSR count). The lowest BCUT2D eigenvalue weighted by atomic mass is 10.2. The van der Waals surface area contributed by atoms with E-state index >= 15 is 0 Å². The summed E-state index contributed by atoms with van der Waals surface area (Å²) in [7, 11) is 3.45. The van der Waals surface area contributed by atoms with Crippen LogP contribution in [0.3, 0.4) is 0 Å². The molecule has 2 N–H and O–H groups in total. The van der Waals surface area contributed by atoms with E-state index in [9.17, 15) is 9.59 Å². The molecule has 0 aliphatic carbocycles. The van der Waals surface area contributed by atoms with E-state index in [2.05, 4.69) is 10.6 Å². The SMILES string of the molecule is CNCC(=O)N(C)CCNC(=O)C(C)C. The van der Waals surface area contributed by atoms with Gasteiger partial charge in [0.05, 0.1) is 6.54 Å². The minimum absolute atomic E-state index is 0.0108. The molecule has 0 spiro atoms. The van der Waals surface area contributed by atoms with Crippen molar-refractivity contribution >= 4 is 11.8 Å². The van der Waals surface area contributed by atoms with Crippen molar-refractivity contribution in [2.45, 2.75) is 13.8 Å². The van der Waals surface area contributed by atoms with Gasteiger partial charge in [0.2, 0.25) is 11.8 Å². The molecular weight excluding hydrogens is 194 g/mol. The number of carbonyl (C=O) groups is 2. The fourth-order valence-electron chi connectivity index (χ4n) is 0.962. The van der Waals surface area contributed by atoms with E-state index in [1.165, 1.54) is 0 Å². The van der Waals surface area contributed by atoms with Crippen molar-refractivity contribution in [1.29, 1.82) is 0 Å². The van der Waals surface area contributed by atoms with Gasteiger partial charge in [-0.15, -0.1) is 0 Å². The number of hydrogen-bond donors (Lipinski definition) is 2. The van der Waals surface area contributed by atoms with Gasteiger partial charge in [-0.05, 0) is 7.05 Å². The van der Waals surface area contributed by atoms with Crippen LogP contribution in [0.2, 0.25) is 0 Å². The summed E-state index contributed by atoms with van der Waals surface area (Å²) < 4.78 is 0. The van der Waals surface area contributed by atoms with Crippen LogP contribution in [0.1, 0.15) is 13.8 Å². The summed E-state index contributed by atoms with van der Waals surface area (Å²) in [6.45, 7) is 5.05. The van der Waals surface area contributed by atoms with E-state index in [1.54, 1.807) is 19.0 Å². The normalized spacial score (nSPS) is 10.2. The van der Waals surface area contributed by atoms with Gasteiger partial charge in [-0.1, -0.05) is 13.8 Å². The largest absolute Gasteiger partial charge is 0.354 e. The fraction of sp³-hybridized carbons (Fsp3) is 0.800. The quantitative estimate of drug-likeness (QED) is 0.624. The van der Waals surface area contributed by atoms with Crippen LogP contribution in [-0.4, -0.2) is 50.4 Å². The van der Waals surface area contributed by atoms with Gasteiger partial charge in [0, 0.05) is 26.1 Å². The summed E-state index contributed by atoms with van der Waals surface area (Å²) in [4.78, 5) is 24.1. The maximum absolute atomic E-state index is 11.3. The summed E-state index contributed by atoms with van der Waals surface area (Å²) >= 11 is 0. The molecule has 0 aliphatic rings. The van der Waals surface area contributed by atoms with Crippen molar-refractivity contribution in [3.05, 3.63) is 0 Å². The van der Waals surface area contributed by atoms with E-state index < -0.39 is 0 Å². The Morgan fingerprint density at radius 1 is 1.33 bits per heavy atom. The second kappa shape index (κ2) is 7.23. The molecule has 5 nitrogen and oxygen atoms in total. The third kappa shape index (κ3) is 6.06. The molecular formula is C10H21N3O2. The monoisotopic (exact) mass is 215 g/mol. The van der Waals surface area contributed by atoms with Crippen LogP contribution in [0.4, 0.5) is 0 Å². The first kappa shape index (κ1) is 13.9. The minimum Gasteiger partial charge on any atom is -0.354 e. The van der Waals surface area contributed by atoms with Gasteiger partial charge < -0.3 is 15.5 Å². The molecule has 15 heavy (non-hydrogen) atoms. The second-order valence-electron chi connectivity index (χ2n) is 3.79. The molecule has 5 heteroatoms. The number of amides is 2. The molecule has 0 aromatic carbocycles. The van der Waals surface area contributed by atoms with E-state index in [4.69, 9.17) is 0 Å². The van der Waals surface area contributed by atoms with Crippen LogP contribution in [0.25, 0.3) is 0 Å². The van der Waals surface area contributed by atoms with E-state index in [0.717, 1.165) is 0 Å². The van der Waals surface area contributed by atoms with Crippen LogP contribution in [0.5, 0.6) is 0 Å². The molecule has 0 atom stereocenters. The van der Waals surface area contributed by atoms with Gasteiger partial charge in [0.1, 0.15) is 0 Å². The van der Waals surface area contributed by atoms with Gasteiger partial charge in [-0.25, -0.2) is 0 Å². The zero-order chi connectivity index (χ0) is 11.8. The number of nitrogens with one attached hydrogen (secondary N) is 2. The van der Waals surface area contributed by atoms with Crippen molar-refractivity contribution in [2.75, 3.05) is 33.7 Å². The van der Waals surface area contributed by atoms with Crippen LogP contribution in [0.15, 0.2) is 0 Å². The highest BCUT2D eigenvalue weighted by Crippen LogP contribution is 1.90. The Labute approximate surface area is 91.2 Å². The molecule has 0 bridgehead atoms. The van der Waals surface area contributed by atoms with E-state index in [0.29, 0.717) is 19.6 Å². The molecule has 0 aromatic rings. The standard InChI is InChI=1S/C10H21N3O2/c1-8(2)10(15)12-5-6-13(4)9(14)7-11-3/h8,11H,5-7H2,1-4H3,(H,12,15). The molecule has 0 fully saturated rings. The maximum atomic E-state index is 11.3. The summed E-state index contributed by atoms with van der Waals surface area (Å²) in [5, 5.41) is 5.54. The minimum atomic E-state index is -0.0108. The van der Waals surface area contributed by atoms with Crippen LogP contribution in [-0.2, 0) is 9.59 Å². The summed E-state index contributed by atoms with van der Waals surface area (Å²) in [6, 6.07) is 0. The highest BCUT2D eigenvalue weighted by Gasteiger charge is 2.09. The maximum Gasteiger partial charge on any atom is 0.236 e. The smallest absolute Gasteiger partial charge is 0.236 e. The third-order valence-electron chi connectivity index (χ3n) is 2.02. The van der Waals surface area contributed by atoms with Crippen molar-refractivity contribution in [3.8, 4) is 0 Å². The zero-order valence-corrected chi connectivity index (χ0v) is 9.96. The van der Waals surface area contributed by atoms with Gasteiger partial charge in [-0.3, -0.25) is 9.59 Å². The average molecular weight is 215 g/mol. The van der Waals surface area contributed by atoms with Gasteiger partial charge in [0.15, 0.2) is 0 Å². The lowest BCUT2D eigenvalue weighted by molar-refractivity contribution is -0.129. The molecule has 0 saturated heterocycles. The molecule has 0 aromatic heterocycles. The van der Waals surface area contributed by atoms with Gasteiger partial charge in [-0.2, -0.15) is 0 Å². The fourth-order valence-corrected chi connectivity index (χ4v) is 0.962. The third-order valence-corrected chi connectivity index (χ3v) is 2.02. The van der Waals surface area contributed by atoms with E-state index in [1.807, 2.05) is 13.8 Å². The lowest BCUT2D eigenvalue weighted by Crippen LogP contribution is -2.40. The first-order chi connectivity index (χ1) is 6.99. The molecule has 0 radical (unpaired) electrons. The summed E-state index contributed by atoms with van der Waals surface area (Å²) in [6.07, 6.45) is 0. The van der Waals surface area contributed by atoms with Crippen LogP contribution in [0, 0.1) is 5.92 Å². The zero-order valence-electron chi connectivity index (χ0n) is 9.96. The molecule has 0 aliphatic heterocycles. The highest BCUT2D eigenvalue weighted by molar-refractivity contribution is 5.79. The first-order valence-electron chi connectivity index (χ1n) is 5.15. The Hall–Kier alpha value is -1.10. The number of hydrogen-bond acceptors (Lipinski definition) is 3. The predicted molar refractivity (Wildman–Crippen MR) is 59.4 cm³/mol. The van der Waals surface area contributed by atoms with Crippen molar-refractivity contribution in [1.82, 2.24) is 15.5 Å².